The lowest BCUT2D eigenvalue weighted by atomic mass is 10.2. The minimum Gasteiger partial charge on any atom is -0.473 e. The van der Waals surface area contributed by atoms with Gasteiger partial charge in [-0.25, -0.2) is 13.4 Å². The van der Waals surface area contributed by atoms with Gasteiger partial charge in [-0.15, -0.1) is 0 Å². The highest BCUT2D eigenvalue weighted by Gasteiger charge is 2.38. The van der Waals surface area contributed by atoms with E-state index < -0.39 is 22.1 Å². The third-order valence-corrected chi connectivity index (χ3v) is 6.78. The van der Waals surface area contributed by atoms with E-state index in [1.807, 2.05) is 30.3 Å². The van der Waals surface area contributed by atoms with Crippen LogP contribution in [0.2, 0.25) is 0 Å². The molecule has 8 nitrogen and oxygen atoms in total. The molecule has 0 amide bonds. The summed E-state index contributed by atoms with van der Waals surface area (Å²) in [5.41, 5.74) is 1.18. The smallest absolute Gasteiger partial charge is 0.471 e. The molecule has 1 aliphatic heterocycles. The molecule has 0 spiro atoms. The van der Waals surface area contributed by atoms with Crippen LogP contribution in [0.1, 0.15) is 17.9 Å². The molecule has 2 aromatic heterocycles. The minimum atomic E-state index is -4.72. The summed E-state index contributed by atoms with van der Waals surface area (Å²) in [6.45, 7) is 0.559. The zero-order chi connectivity index (χ0) is 22.8. The van der Waals surface area contributed by atoms with Crippen molar-refractivity contribution in [3.63, 3.8) is 0 Å². The minimum absolute atomic E-state index is 0.0152. The van der Waals surface area contributed by atoms with Crippen molar-refractivity contribution in [3.8, 4) is 17.3 Å². The predicted octanol–water partition coefficient (Wildman–Crippen LogP) is 3.18. The molecular weight excluding hydrogens is 449 g/mol. The number of alkyl halides is 3. The number of halogens is 3. The Morgan fingerprint density at radius 1 is 1.16 bits per heavy atom. The van der Waals surface area contributed by atoms with E-state index in [2.05, 4.69) is 19.6 Å². The van der Waals surface area contributed by atoms with Gasteiger partial charge < -0.3 is 9.26 Å². The summed E-state index contributed by atoms with van der Waals surface area (Å²) >= 11 is 0. The lowest BCUT2D eigenvalue weighted by Gasteiger charge is -2.17. The van der Waals surface area contributed by atoms with E-state index in [-0.39, 0.29) is 35.7 Å². The quantitative estimate of drug-likeness (QED) is 0.525. The van der Waals surface area contributed by atoms with Crippen LogP contribution >= 0.6 is 0 Å². The molecule has 1 unspecified atom stereocenters. The molecular formula is C20H19F3N4O4S. The number of pyridine rings is 1. The second-order valence-electron chi connectivity index (χ2n) is 7.24. The van der Waals surface area contributed by atoms with E-state index >= 15 is 0 Å². The van der Waals surface area contributed by atoms with Crippen LogP contribution in [-0.2, 0) is 22.6 Å². The van der Waals surface area contributed by atoms with Crippen LogP contribution < -0.4 is 4.74 Å². The summed E-state index contributed by atoms with van der Waals surface area (Å²) < 4.78 is 74.4. The Kier molecular flexibility index (Phi) is 6.15. The monoisotopic (exact) mass is 468 g/mol. The normalized spacial score (nSPS) is 17.5. The van der Waals surface area contributed by atoms with Crippen molar-refractivity contribution in [3.05, 3.63) is 60.1 Å². The molecule has 32 heavy (non-hydrogen) atoms. The fourth-order valence-corrected chi connectivity index (χ4v) is 4.80. The first-order chi connectivity index (χ1) is 15.2. The molecule has 1 aromatic carbocycles. The van der Waals surface area contributed by atoms with Crippen LogP contribution in [0.15, 0.2) is 53.2 Å². The van der Waals surface area contributed by atoms with Gasteiger partial charge >= 0.3 is 12.1 Å². The van der Waals surface area contributed by atoms with Crippen molar-refractivity contribution in [2.24, 2.45) is 0 Å². The molecule has 0 bridgehead atoms. The molecule has 1 saturated heterocycles. The zero-order valence-corrected chi connectivity index (χ0v) is 17.5. The molecule has 4 rings (SSSR count). The van der Waals surface area contributed by atoms with Gasteiger partial charge in [0, 0.05) is 24.4 Å². The summed E-state index contributed by atoms with van der Waals surface area (Å²) in [7, 11) is -3.42. The summed E-state index contributed by atoms with van der Waals surface area (Å²) in [4.78, 5) is 7.36. The van der Waals surface area contributed by atoms with Gasteiger partial charge in [0.2, 0.25) is 21.7 Å². The number of aromatic nitrogens is 3. The third-order valence-electron chi connectivity index (χ3n) is 4.94. The topological polar surface area (TPSA) is 98.4 Å². The Morgan fingerprint density at radius 3 is 2.59 bits per heavy atom. The highest BCUT2D eigenvalue weighted by molar-refractivity contribution is 7.89. The largest absolute Gasteiger partial charge is 0.473 e. The summed E-state index contributed by atoms with van der Waals surface area (Å²) in [5.74, 6) is -1.44. The van der Waals surface area contributed by atoms with Crippen LogP contribution in [0, 0.1) is 0 Å². The molecule has 0 saturated carbocycles. The standard InChI is InChI=1S/C20H19F3N4O4S/c21-20(22,23)19-25-18(26-31-19)15-6-7-17(24-12-15)30-16-8-10-27(13-16)32(28,29)11-9-14-4-2-1-3-5-14/h1-7,12,16H,8-11,13H2. The van der Waals surface area contributed by atoms with E-state index in [4.69, 9.17) is 4.74 Å². The second kappa shape index (κ2) is 8.87. The number of aryl methyl sites for hydroxylation is 1. The predicted molar refractivity (Wildman–Crippen MR) is 107 cm³/mol. The van der Waals surface area contributed by atoms with Crippen molar-refractivity contribution in [2.75, 3.05) is 18.8 Å². The Morgan fingerprint density at radius 2 is 1.94 bits per heavy atom. The Bertz CT molecular complexity index is 1150. The van der Waals surface area contributed by atoms with Crippen molar-refractivity contribution in [1.29, 1.82) is 0 Å². The van der Waals surface area contributed by atoms with Gasteiger partial charge in [-0.05, 0) is 24.5 Å². The van der Waals surface area contributed by atoms with Gasteiger partial charge in [0.25, 0.3) is 0 Å². The zero-order valence-electron chi connectivity index (χ0n) is 16.7. The molecule has 1 atom stereocenters. The number of ether oxygens (including phenoxy) is 1. The van der Waals surface area contributed by atoms with Gasteiger partial charge in [0.15, 0.2) is 0 Å². The molecule has 1 fully saturated rings. The van der Waals surface area contributed by atoms with Crippen LogP contribution in [0.3, 0.4) is 0 Å². The highest BCUT2D eigenvalue weighted by Crippen LogP contribution is 2.29. The Hall–Kier alpha value is -2.99. The number of nitrogens with zero attached hydrogens (tertiary/aromatic N) is 4. The lowest BCUT2D eigenvalue weighted by molar-refractivity contribution is -0.159. The highest BCUT2D eigenvalue weighted by atomic mass is 32.2. The van der Waals surface area contributed by atoms with Gasteiger partial charge in [-0.2, -0.15) is 22.5 Å². The van der Waals surface area contributed by atoms with Crippen molar-refractivity contribution in [1.82, 2.24) is 19.4 Å². The Labute approximate surface area is 182 Å². The fraction of sp³-hybridized carbons (Fsp3) is 0.350. The average molecular weight is 468 g/mol. The second-order valence-corrected chi connectivity index (χ2v) is 9.33. The lowest BCUT2D eigenvalue weighted by Crippen LogP contribution is -2.33. The number of rotatable bonds is 7. The van der Waals surface area contributed by atoms with Crippen molar-refractivity contribution < 1.29 is 30.8 Å². The van der Waals surface area contributed by atoms with Crippen LogP contribution in [0.4, 0.5) is 13.2 Å². The molecule has 0 N–H and O–H groups in total. The van der Waals surface area contributed by atoms with Crippen molar-refractivity contribution in [2.45, 2.75) is 25.1 Å². The third kappa shape index (κ3) is 5.25. The maximum Gasteiger partial charge on any atom is 0.471 e. The molecule has 1 aliphatic rings. The first kappa shape index (κ1) is 22.2. The van der Waals surface area contributed by atoms with E-state index in [0.29, 0.717) is 19.4 Å². The van der Waals surface area contributed by atoms with Crippen LogP contribution in [0.5, 0.6) is 5.88 Å². The molecule has 12 heteroatoms. The van der Waals surface area contributed by atoms with E-state index in [1.165, 1.54) is 22.6 Å². The van der Waals surface area contributed by atoms with Gasteiger partial charge in [-0.1, -0.05) is 35.5 Å². The number of hydrogen-bond acceptors (Lipinski definition) is 7. The maximum atomic E-state index is 12.6. The van der Waals surface area contributed by atoms with Gasteiger partial charge in [-0.3, -0.25) is 0 Å². The van der Waals surface area contributed by atoms with E-state index in [1.54, 1.807) is 0 Å². The average Bonchev–Trinajstić information content (AvgIpc) is 3.44. The fourth-order valence-electron chi connectivity index (χ4n) is 3.28. The van der Waals surface area contributed by atoms with Crippen LogP contribution in [0.25, 0.3) is 11.4 Å². The first-order valence-electron chi connectivity index (χ1n) is 9.76. The maximum absolute atomic E-state index is 12.6. The van der Waals surface area contributed by atoms with E-state index in [9.17, 15) is 21.6 Å². The summed E-state index contributed by atoms with van der Waals surface area (Å²) in [6, 6.07) is 12.3. The summed E-state index contributed by atoms with van der Waals surface area (Å²) in [6.07, 6.45) is -2.89. The number of sulfonamides is 1. The SMILES string of the molecule is O=S(=O)(CCc1ccccc1)N1CCC(Oc2ccc(-c3noc(C(F)(F)F)n3)cn2)C1. The first-order valence-corrected chi connectivity index (χ1v) is 11.4. The molecule has 0 aliphatic carbocycles. The van der Waals surface area contributed by atoms with Crippen LogP contribution in [-0.4, -0.2) is 52.8 Å². The van der Waals surface area contributed by atoms with Gasteiger partial charge in [0.05, 0.1) is 12.3 Å². The number of benzene rings is 1. The number of hydrogen-bond donors (Lipinski definition) is 0. The summed E-state index contributed by atoms with van der Waals surface area (Å²) in [5, 5.41) is 3.30. The molecule has 3 heterocycles. The Balaban J connectivity index is 1.33. The molecule has 0 radical (unpaired) electrons. The van der Waals surface area contributed by atoms with E-state index in [0.717, 1.165) is 5.56 Å². The molecule has 170 valence electrons. The van der Waals surface area contributed by atoms with Crippen molar-refractivity contribution >= 4 is 10.0 Å². The van der Waals surface area contributed by atoms with Gasteiger partial charge in [0.1, 0.15) is 6.10 Å². The molecule has 3 aromatic rings.